The first-order chi connectivity index (χ1) is 24.2. The summed E-state index contributed by atoms with van der Waals surface area (Å²) in [6.07, 6.45) is 3.29. The van der Waals surface area contributed by atoms with Crippen molar-refractivity contribution in [2.24, 2.45) is 0 Å². The molecule has 2 N–H and O–H groups in total. The Morgan fingerprint density at radius 3 is 2.22 bits per heavy atom. The summed E-state index contributed by atoms with van der Waals surface area (Å²) in [6.45, 7) is 3.77. The van der Waals surface area contributed by atoms with E-state index < -0.39 is 17.8 Å². The smallest absolute Gasteiger partial charge is 0.416 e. The number of fused-ring (bicyclic) bond motifs is 1. The van der Waals surface area contributed by atoms with Gasteiger partial charge in [0.1, 0.15) is 18.5 Å². The van der Waals surface area contributed by atoms with Crippen molar-refractivity contribution in [2.45, 2.75) is 69.6 Å². The van der Waals surface area contributed by atoms with Crippen molar-refractivity contribution in [3.63, 3.8) is 0 Å². The number of benzene rings is 4. The van der Waals surface area contributed by atoms with Crippen molar-refractivity contribution in [1.82, 2.24) is 10.2 Å². The van der Waals surface area contributed by atoms with E-state index in [1.54, 1.807) is 36.4 Å². The minimum Gasteiger partial charge on any atom is -0.490 e. The molecule has 0 spiro atoms. The first-order valence-electron chi connectivity index (χ1n) is 17.6. The van der Waals surface area contributed by atoms with Crippen LogP contribution < -0.4 is 10.1 Å². The Bertz CT molecular complexity index is 1720. The summed E-state index contributed by atoms with van der Waals surface area (Å²) in [6, 6.07) is 23.8. The molecule has 2 aliphatic rings. The van der Waals surface area contributed by atoms with Crippen molar-refractivity contribution in [1.29, 1.82) is 0 Å². The fourth-order valence-electron chi connectivity index (χ4n) is 7.15. The molecule has 1 atom stereocenters. The summed E-state index contributed by atoms with van der Waals surface area (Å²) in [5.74, 6) is 1.23. The Hall–Kier alpha value is -3.85. The number of likely N-dealkylation sites (tertiary alicyclic amines) is 1. The van der Waals surface area contributed by atoms with Crippen LogP contribution in [0.25, 0.3) is 11.1 Å². The summed E-state index contributed by atoms with van der Waals surface area (Å²) in [5, 5.41) is 14.5. The average Bonchev–Trinajstić information content (AvgIpc) is 3.14. The molecule has 0 radical (unpaired) electrons. The van der Waals surface area contributed by atoms with Crippen LogP contribution in [-0.4, -0.2) is 48.7 Å². The third kappa shape index (κ3) is 9.08. The van der Waals surface area contributed by atoms with Gasteiger partial charge in [-0.3, -0.25) is 4.79 Å². The Labute approximate surface area is 297 Å². The van der Waals surface area contributed by atoms with E-state index in [0.717, 1.165) is 93.6 Å². The molecule has 0 aromatic heterocycles. The van der Waals surface area contributed by atoms with E-state index >= 15 is 0 Å². The number of amides is 1. The Kier molecular flexibility index (Phi) is 11.8. The number of unbranched alkanes of at least 4 members (excludes halogenated alkanes) is 1. The van der Waals surface area contributed by atoms with E-state index in [0.29, 0.717) is 28.6 Å². The van der Waals surface area contributed by atoms with E-state index in [9.17, 15) is 23.1 Å². The number of piperidine rings is 1. The van der Waals surface area contributed by atoms with Crippen molar-refractivity contribution in [2.75, 3.05) is 32.8 Å². The zero-order valence-electron chi connectivity index (χ0n) is 28.2. The Morgan fingerprint density at radius 1 is 0.880 bits per heavy atom. The highest BCUT2D eigenvalue weighted by atomic mass is 35.5. The van der Waals surface area contributed by atoms with Gasteiger partial charge in [0, 0.05) is 17.1 Å². The molecule has 264 valence electrons. The van der Waals surface area contributed by atoms with Crippen LogP contribution >= 0.6 is 11.6 Å². The van der Waals surface area contributed by atoms with E-state index in [-0.39, 0.29) is 12.5 Å². The lowest BCUT2D eigenvalue weighted by Gasteiger charge is -2.34. The number of nitrogens with zero attached hydrogens (tertiary/aromatic N) is 1. The second kappa shape index (κ2) is 16.4. The van der Waals surface area contributed by atoms with Gasteiger partial charge in [0.05, 0.1) is 5.56 Å². The van der Waals surface area contributed by atoms with Gasteiger partial charge in [0.15, 0.2) is 0 Å². The summed E-state index contributed by atoms with van der Waals surface area (Å²) >= 11 is 6.04. The molecule has 1 amide bonds. The molecule has 1 aliphatic heterocycles. The number of aliphatic hydroxyl groups excluding tert-OH is 1. The predicted octanol–water partition coefficient (Wildman–Crippen LogP) is 9.41. The maximum atomic E-state index is 12.9. The van der Waals surface area contributed by atoms with Crippen LogP contribution in [0.2, 0.25) is 5.02 Å². The first kappa shape index (κ1) is 36.0. The number of carbonyl (C=O) groups is 1. The van der Waals surface area contributed by atoms with Crippen molar-refractivity contribution < 1.29 is 27.8 Å². The monoisotopic (exact) mass is 704 g/mol. The number of ether oxygens (including phenoxy) is 1. The van der Waals surface area contributed by atoms with Gasteiger partial charge in [-0.05, 0) is 147 Å². The molecule has 0 bridgehead atoms. The third-order valence-corrected chi connectivity index (χ3v) is 10.3. The first-order valence-corrected chi connectivity index (χ1v) is 18.0. The summed E-state index contributed by atoms with van der Waals surface area (Å²) in [4.78, 5) is 15.2. The van der Waals surface area contributed by atoms with Crippen LogP contribution in [0.5, 0.6) is 5.75 Å². The van der Waals surface area contributed by atoms with Gasteiger partial charge in [-0.1, -0.05) is 60.1 Å². The number of nitrogens with one attached hydrogen (secondary N) is 1. The molecule has 0 saturated carbocycles. The number of carbonyl (C=O) groups excluding carboxylic acids is 1. The largest absolute Gasteiger partial charge is 0.490 e. The molecule has 1 fully saturated rings. The molecule has 1 heterocycles. The van der Waals surface area contributed by atoms with Crippen molar-refractivity contribution in [3.05, 3.63) is 123 Å². The van der Waals surface area contributed by atoms with E-state index in [4.69, 9.17) is 16.3 Å². The van der Waals surface area contributed by atoms with Crippen molar-refractivity contribution in [3.8, 4) is 16.9 Å². The molecule has 4 aromatic rings. The molecule has 5 nitrogen and oxygen atoms in total. The minimum atomic E-state index is -4.37. The van der Waals surface area contributed by atoms with Gasteiger partial charge in [-0.15, -0.1) is 0 Å². The number of aliphatic hydroxyl groups is 1. The molecule has 4 aromatic carbocycles. The fourth-order valence-corrected chi connectivity index (χ4v) is 7.27. The molecule has 50 heavy (non-hydrogen) atoms. The van der Waals surface area contributed by atoms with Crippen molar-refractivity contribution >= 4 is 17.5 Å². The normalized spacial score (nSPS) is 16.1. The topological polar surface area (TPSA) is 61.8 Å². The zero-order chi connectivity index (χ0) is 35.1. The number of hydrogen-bond acceptors (Lipinski definition) is 4. The van der Waals surface area contributed by atoms with Gasteiger partial charge in [0.2, 0.25) is 0 Å². The standard InChI is InChI=1S/C41H44ClF3N2O3/c42-35-18-13-32(14-19-35)38(48)27-50-39-36-6-2-1-5-30(36)15-20-37(39)31-21-25-47(26-22-31)24-4-3-23-46-40(49)33-9-7-28(8-10-33)29-11-16-34(17-12-29)41(43,44)45/h7-20,31,38,48H,1-6,21-27H2,(H,46,49). The van der Waals surface area contributed by atoms with Gasteiger partial charge < -0.3 is 20.1 Å². The zero-order valence-corrected chi connectivity index (χ0v) is 28.9. The minimum absolute atomic E-state index is 0.159. The van der Waals surface area contributed by atoms with Gasteiger partial charge in [-0.25, -0.2) is 0 Å². The highest BCUT2D eigenvalue weighted by Gasteiger charge is 2.30. The SMILES string of the molecule is O=C(NCCCCN1CCC(c2ccc3c(c2OCC(O)c2ccc(Cl)cc2)CCCC3)CC1)c1ccc(-c2ccc(C(F)(F)F)cc2)cc1. The number of hydrogen-bond donors (Lipinski definition) is 2. The Balaban J connectivity index is 0.948. The Morgan fingerprint density at radius 2 is 1.54 bits per heavy atom. The maximum absolute atomic E-state index is 12.9. The van der Waals surface area contributed by atoms with E-state index in [1.807, 2.05) is 12.1 Å². The van der Waals surface area contributed by atoms with Gasteiger partial charge in [-0.2, -0.15) is 13.2 Å². The maximum Gasteiger partial charge on any atom is 0.416 e. The molecule has 1 saturated heterocycles. The van der Waals surface area contributed by atoms with E-state index in [2.05, 4.69) is 22.3 Å². The summed E-state index contributed by atoms with van der Waals surface area (Å²) in [7, 11) is 0. The van der Waals surface area contributed by atoms with Crippen LogP contribution in [-0.2, 0) is 19.0 Å². The molecular formula is C41H44ClF3N2O3. The lowest BCUT2D eigenvalue weighted by molar-refractivity contribution is -0.137. The molecule has 1 aliphatic carbocycles. The molecule has 6 rings (SSSR count). The number of rotatable bonds is 12. The second-order valence-electron chi connectivity index (χ2n) is 13.4. The van der Waals surface area contributed by atoms with Crippen LogP contribution in [0.3, 0.4) is 0 Å². The summed E-state index contributed by atoms with van der Waals surface area (Å²) < 4.78 is 45.1. The molecule has 9 heteroatoms. The number of halogens is 4. The highest BCUT2D eigenvalue weighted by Crippen LogP contribution is 2.41. The second-order valence-corrected chi connectivity index (χ2v) is 13.9. The lowest BCUT2D eigenvalue weighted by atomic mass is 9.83. The third-order valence-electron chi connectivity index (χ3n) is 10.1. The van der Waals surface area contributed by atoms with Gasteiger partial charge in [0.25, 0.3) is 5.91 Å². The number of alkyl halides is 3. The molecular weight excluding hydrogens is 661 g/mol. The van der Waals surface area contributed by atoms with E-state index in [1.165, 1.54) is 35.2 Å². The fraction of sp³-hybridized carbons (Fsp3) is 0.390. The lowest BCUT2D eigenvalue weighted by Crippen LogP contribution is -2.34. The average molecular weight is 705 g/mol. The molecule has 1 unspecified atom stereocenters. The van der Waals surface area contributed by atoms with Crippen LogP contribution in [0.4, 0.5) is 13.2 Å². The van der Waals surface area contributed by atoms with Crippen LogP contribution in [0.1, 0.15) is 88.7 Å². The quantitative estimate of drug-likeness (QED) is 0.144. The number of aryl methyl sites for hydroxylation is 1. The predicted molar refractivity (Wildman–Crippen MR) is 192 cm³/mol. The van der Waals surface area contributed by atoms with Crippen LogP contribution in [0, 0.1) is 0 Å². The van der Waals surface area contributed by atoms with Crippen LogP contribution in [0.15, 0.2) is 84.9 Å². The highest BCUT2D eigenvalue weighted by molar-refractivity contribution is 6.30. The summed E-state index contributed by atoms with van der Waals surface area (Å²) in [5.41, 5.74) is 6.00. The van der Waals surface area contributed by atoms with Gasteiger partial charge >= 0.3 is 6.18 Å².